The van der Waals surface area contributed by atoms with Gasteiger partial charge in [0, 0.05) is 17.1 Å². The van der Waals surface area contributed by atoms with Gasteiger partial charge in [-0.15, -0.1) is 0 Å². The maximum atomic E-state index is 10.9. The first kappa shape index (κ1) is 19.9. The molecule has 0 aliphatic heterocycles. The minimum Gasteiger partial charge on any atom is -0.493 e. The zero-order chi connectivity index (χ0) is 18.9. The molecule has 0 radical (unpaired) electrons. The van der Waals surface area contributed by atoms with Crippen LogP contribution in [0.5, 0.6) is 17.2 Å². The van der Waals surface area contributed by atoms with E-state index in [0.29, 0.717) is 28.8 Å². The highest BCUT2D eigenvalue weighted by molar-refractivity contribution is 6.30. The van der Waals surface area contributed by atoms with Crippen molar-refractivity contribution in [3.8, 4) is 17.2 Å². The Bertz CT molecular complexity index is 752. The number of halogens is 1. The monoisotopic (exact) mass is 378 g/mol. The molecule has 3 N–H and O–H groups in total. The van der Waals surface area contributed by atoms with Gasteiger partial charge in [0.25, 0.3) is 5.91 Å². The van der Waals surface area contributed by atoms with Crippen LogP contribution in [0.4, 0.5) is 0 Å². The molecule has 7 heteroatoms. The second-order valence-corrected chi connectivity index (χ2v) is 6.06. The summed E-state index contributed by atoms with van der Waals surface area (Å²) in [4.78, 5) is 10.9. The lowest BCUT2D eigenvalue weighted by Crippen LogP contribution is -2.21. The van der Waals surface area contributed by atoms with Crippen molar-refractivity contribution in [3.05, 3.63) is 52.5 Å². The smallest absolute Gasteiger partial charge is 0.255 e. The molecule has 0 saturated carbocycles. The summed E-state index contributed by atoms with van der Waals surface area (Å²) in [6.07, 6.45) is 0.818. The maximum absolute atomic E-state index is 10.9. The molecular formula is C19H23ClN2O4. The van der Waals surface area contributed by atoms with Crippen molar-refractivity contribution in [1.29, 1.82) is 0 Å². The van der Waals surface area contributed by atoms with Crippen molar-refractivity contribution in [2.45, 2.75) is 13.0 Å². The van der Waals surface area contributed by atoms with Gasteiger partial charge in [0.05, 0.1) is 14.2 Å². The molecule has 2 aromatic rings. The largest absolute Gasteiger partial charge is 0.493 e. The van der Waals surface area contributed by atoms with E-state index in [1.54, 1.807) is 32.4 Å². The Hall–Kier alpha value is -2.44. The van der Waals surface area contributed by atoms with E-state index in [4.69, 9.17) is 31.5 Å². The fraction of sp³-hybridized carbons (Fsp3) is 0.316. The van der Waals surface area contributed by atoms with E-state index < -0.39 is 5.91 Å². The lowest BCUT2D eigenvalue weighted by atomic mass is 10.1. The Labute approximate surface area is 158 Å². The van der Waals surface area contributed by atoms with Crippen LogP contribution in [0.15, 0.2) is 36.4 Å². The third kappa shape index (κ3) is 5.82. The van der Waals surface area contributed by atoms with Crippen LogP contribution < -0.4 is 25.3 Å². The first-order valence-electron chi connectivity index (χ1n) is 8.14. The van der Waals surface area contributed by atoms with E-state index in [1.807, 2.05) is 18.2 Å². The first-order chi connectivity index (χ1) is 12.5. The molecule has 0 saturated heterocycles. The van der Waals surface area contributed by atoms with Crippen LogP contribution >= 0.6 is 11.6 Å². The molecule has 0 heterocycles. The van der Waals surface area contributed by atoms with Gasteiger partial charge in [-0.05, 0) is 48.9 Å². The molecule has 0 aliphatic carbocycles. The molecule has 140 valence electrons. The molecule has 0 aromatic heterocycles. The number of methoxy groups -OCH3 is 2. The fourth-order valence-electron chi connectivity index (χ4n) is 2.47. The topological polar surface area (TPSA) is 82.8 Å². The van der Waals surface area contributed by atoms with Gasteiger partial charge in [-0.25, -0.2) is 0 Å². The number of amides is 1. The van der Waals surface area contributed by atoms with E-state index in [1.165, 1.54) is 0 Å². The summed E-state index contributed by atoms with van der Waals surface area (Å²) in [5.74, 6) is 1.49. The molecule has 0 atom stereocenters. The number of nitrogens with two attached hydrogens (primary N) is 1. The zero-order valence-corrected chi connectivity index (χ0v) is 15.6. The number of benzene rings is 2. The number of nitrogens with one attached hydrogen (secondary N) is 1. The van der Waals surface area contributed by atoms with Crippen molar-refractivity contribution >= 4 is 17.5 Å². The first-order valence-corrected chi connectivity index (χ1v) is 8.52. The van der Waals surface area contributed by atoms with Crippen LogP contribution in [0.1, 0.15) is 11.1 Å². The van der Waals surface area contributed by atoms with E-state index in [-0.39, 0.29) is 6.61 Å². The van der Waals surface area contributed by atoms with Gasteiger partial charge in [0.1, 0.15) is 5.75 Å². The third-order valence-corrected chi connectivity index (χ3v) is 3.98. The number of carbonyl (C=O) groups is 1. The van der Waals surface area contributed by atoms with Crippen molar-refractivity contribution in [2.75, 3.05) is 27.4 Å². The van der Waals surface area contributed by atoms with Crippen molar-refractivity contribution in [2.24, 2.45) is 5.73 Å². The molecule has 0 aliphatic rings. The van der Waals surface area contributed by atoms with Crippen LogP contribution in [0, 0.1) is 0 Å². The highest BCUT2D eigenvalue weighted by atomic mass is 35.5. The molecule has 0 fully saturated rings. The number of primary amides is 1. The molecule has 2 aromatic carbocycles. The Morgan fingerprint density at radius 3 is 2.50 bits per heavy atom. The molecule has 0 spiro atoms. The highest BCUT2D eigenvalue weighted by Crippen LogP contribution is 2.27. The molecule has 0 unspecified atom stereocenters. The predicted molar refractivity (Wildman–Crippen MR) is 101 cm³/mol. The Morgan fingerprint density at radius 2 is 1.81 bits per heavy atom. The Balaban J connectivity index is 1.91. The number of rotatable bonds is 10. The normalized spacial score (nSPS) is 10.4. The van der Waals surface area contributed by atoms with E-state index in [0.717, 1.165) is 24.1 Å². The number of hydrogen-bond acceptors (Lipinski definition) is 5. The summed E-state index contributed by atoms with van der Waals surface area (Å²) < 4.78 is 16.0. The van der Waals surface area contributed by atoms with E-state index in [2.05, 4.69) is 5.32 Å². The van der Waals surface area contributed by atoms with Gasteiger partial charge in [-0.2, -0.15) is 0 Å². The predicted octanol–water partition coefficient (Wildman–Crippen LogP) is 2.55. The van der Waals surface area contributed by atoms with Crippen molar-refractivity contribution < 1.29 is 19.0 Å². The van der Waals surface area contributed by atoms with Gasteiger partial charge in [-0.1, -0.05) is 17.7 Å². The Morgan fingerprint density at radius 1 is 1.08 bits per heavy atom. The molecule has 0 bridgehead atoms. The molecule has 6 nitrogen and oxygen atoms in total. The summed E-state index contributed by atoms with van der Waals surface area (Å²) >= 11 is 6.05. The van der Waals surface area contributed by atoms with Crippen LogP contribution in [0.25, 0.3) is 0 Å². The molecular weight excluding hydrogens is 356 g/mol. The van der Waals surface area contributed by atoms with Gasteiger partial charge in [0.2, 0.25) is 0 Å². The Kier molecular flexibility index (Phi) is 7.56. The zero-order valence-electron chi connectivity index (χ0n) is 14.9. The summed E-state index contributed by atoms with van der Waals surface area (Å²) in [5, 5.41) is 3.95. The van der Waals surface area contributed by atoms with Gasteiger partial charge in [0.15, 0.2) is 18.1 Å². The quantitative estimate of drug-likeness (QED) is 0.621. The van der Waals surface area contributed by atoms with Crippen LogP contribution in [0.3, 0.4) is 0 Å². The minimum absolute atomic E-state index is 0.166. The van der Waals surface area contributed by atoms with Crippen LogP contribution in [0.2, 0.25) is 5.02 Å². The second-order valence-electron chi connectivity index (χ2n) is 5.62. The standard InChI is InChI=1S/C19H23ClN2O4/c1-24-17-5-3-13(9-18(17)25-2)7-8-22-11-14-10-15(20)4-6-16(14)26-12-19(21)23/h3-6,9-10,22H,7-8,11-12H2,1-2H3,(H2,21,23). The second kappa shape index (κ2) is 9.89. The van der Waals surface area contributed by atoms with Crippen molar-refractivity contribution in [1.82, 2.24) is 5.32 Å². The summed E-state index contributed by atoms with van der Waals surface area (Å²) in [6, 6.07) is 11.1. The average molecular weight is 379 g/mol. The van der Waals surface area contributed by atoms with E-state index in [9.17, 15) is 4.79 Å². The summed E-state index contributed by atoms with van der Waals surface area (Å²) in [5.41, 5.74) is 7.12. The van der Waals surface area contributed by atoms with Gasteiger partial charge >= 0.3 is 0 Å². The third-order valence-electron chi connectivity index (χ3n) is 3.75. The number of carbonyl (C=O) groups excluding carboxylic acids is 1. The van der Waals surface area contributed by atoms with Crippen molar-refractivity contribution in [3.63, 3.8) is 0 Å². The maximum Gasteiger partial charge on any atom is 0.255 e. The summed E-state index contributed by atoms with van der Waals surface area (Å²) in [7, 11) is 3.23. The fourth-order valence-corrected chi connectivity index (χ4v) is 2.66. The molecule has 1 amide bonds. The van der Waals surface area contributed by atoms with Gasteiger partial charge in [-0.3, -0.25) is 4.79 Å². The minimum atomic E-state index is -0.521. The average Bonchev–Trinajstić information content (AvgIpc) is 2.64. The highest BCUT2D eigenvalue weighted by Gasteiger charge is 2.07. The van der Waals surface area contributed by atoms with Gasteiger partial charge < -0.3 is 25.3 Å². The lowest BCUT2D eigenvalue weighted by molar-refractivity contribution is -0.119. The number of hydrogen-bond donors (Lipinski definition) is 2. The van der Waals surface area contributed by atoms with E-state index >= 15 is 0 Å². The summed E-state index contributed by atoms with van der Waals surface area (Å²) in [6.45, 7) is 1.14. The SMILES string of the molecule is COc1ccc(CCNCc2cc(Cl)ccc2OCC(N)=O)cc1OC. The van der Waals surface area contributed by atoms with Crippen LogP contribution in [-0.2, 0) is 17.8 Å². The molecule has 26 heavy (non-hydrogen) atoms. The number of ether oxygens (including phenoxy) is 3. The lowest BCUT2D eigenvalue weighted by Gasteiger charge is -2.12. The molecule has 2 rings (SSSR count). The van der Waals surface area contributed by atoms with Crippen LogP contribution in [-0.4, -0.2) is 33.3 Å².